The van der Waals surface area contributed by atoms with Crippen LogP contribution in [-0.4, -0.2) is 89.6 Å². The third kappa shape index (κ3) is 7.01. The Hall–Kier alpha value is -1.46. The molecule has 0 radical (unpaired) electrons. The van der Waals surface area contributed by atoms with Crippen LogP contribution >= 0.6 is 24.0 Å². The lowest BCUT2D eigenvalue weighted by Crippen LogP contribution is -2.57. The number of halogens is 1. The molecule has 0 bridgehead atoms. The van der Waals surface area contributed by atoms with Gasteiger partial charge in [0, 0.05) is 75.2 Å². The lowest BCUT2D eigenvalue weighted by molar-refractivity contribution is -0.00834. The normalized spacial score (nSPS) is 20.2. The molecule has 176 valence electrons. The van der Waals surface area contributed by atoms with Crippen molar-refractivity contribution in [3.05, 3.63) is 18.2 Å². The molecule has 0 amide bonds. The summed E-state index contributed by atoms with van der Waals surface area (Å²) in [7, 11) is 5.19. The minimum Gasteiger partial charge on any atom is -0.497 e. The van der Waals surface area contributed by atoms with Crippen LogP contribution in [-0.2, 0) is 4.74 Å². The van der Waals surface area contributed by atoms with E-state index in [0.717, 1.165) is 75.5 Å². The highest BCUT2D eigenvalue weighted by Crippen LogP contribution is 2.30. The van der Waals surface area contributed by atoms with Crippen molar-refractivity contribution in [1.82, 2.24) is 15.5 Å². The first kappa shape index (κ1) is 25.8. The predicted molar refractivity (Wildman–Crippen MR) is 137 cm³/mol. The lowest BCUT2D eigenvalue weighted by Gasteiger charge is -2.41. The quantitative estimate of drug-likeness (QED) is 0.308. The van der Waals surface area contributed by atoms with Crippen LogP contribution in [0.4, 0.5) is 5.69 Å². The molecule has 2 fully saturated rings. The summed E-state index contributed by atoms with van der Waals surface area (Å²) in [5.74, 6) is 2.47. The Kier molecular flexibility index (Phi) is 9.95. The van der Waals surface area contributed by atoms with Gasteiger partial charge in [0.1, 0.15) is 11.5 Å². The molecule has 2 aliphatic heterocycles. The highest BCUT2D eigenvalue weighted by atomic mass is 127. The van der Waals surface area contributed by atoms with Gasteiger partial charge in [0.05, 0.1) is 27.4 Å². The smallest absolute Gasteiger partial charge is 0.191 e. The second-order valence-corrected chi connectivity index (χ2v) is 8.48. The largest absolute Gasteiger partial charge is 0.497 e. The van der Waals surface area contributed by atoms with Gasteiger partial charge in [0.15, 0.2) is 5.96 Å². The number of ether oxygens (including phenoxy) is 3. The SMILES string of the molecule is CN=C(NCC(C)(C)N1CCOCC1)NC1CCN(c2cc(OC)cc(OC)c2)C1.I. The summed E-state index contributed by atoms with van der Waals surface area (Å²) < 4.78 is 16.3. The lowest BCUT2D eigenvalue weighted by atomic mass is 10.0. The first-order chi connectivity index (χ1) is 14.4. The van der Waals surface area contributed by atoms with Gasteiger partial charge in [-0.25, -0.2) is 0 Å². The maximum absolute atomic E-state index is 5.49. The number of guanidine groups is 1. The molecule has 0 aliphatic carbocycles. The summed E-state index contributed by atoms with van der Waals surface area (Å²) in [6.07, 6.45) is 1.05. The van der Waals surface area contributed by atoms with Crippen LogP contribution in [0.15, 0.2) is 23.2 Å². The third-order valence-electron chi connectivity index (χ3n) is 6.01. The summed E-state index contributed by atoms with van der Waals surface area (Å²) in [5.41, 5.74) is 1.16. The van der Waals surface area contributed by atoms with Crippen LogP contribution in [0.1, 0.15) is 20.3 Å². The Morgan fingerprint density at radius 1 is 1.13 bits per heavy atom. The van der Waals surface area contributed by atoms with Crippen LogP contribution in [0, 0.1) is 0 Å². The van der Waals surface area contributed by atoms with Crippen molar-refractivity contribution < 1.29 is 14.2 Å². The Morgan fingerprint density at radius 3 is 2.35 bits per heavy atom. The van der Waals surface area contributed by atoms with E-state index in [-0.39, 0.29) is 29.5 Å². The summed E-state index contributed by atoms with van der Waals surface area (Å²) in [5, 5.41) is 7.11. The van der Waals surface area contributed by atoms with Gasteiger partial charge in [-0.2, -0.15) is 0 Å². The van der Waals surface area contributed by atoms with E-state index >= 15 is 0 Å². The summed E-state index contributed by atoms with van der Waals surface area (Å²) in [4.78, 5) is 9.28. The molecule has 0 saturated carbocycles. The molecule has 0 spiro atoms. The van der Waals surface area contributed by atoms with Gasteiger partial charge in [0.2, 0.25) is 0 Å². The second-order valence-electron chi connectivity index (χ2n) is 8.48. The van der Waals surface area contributed by atoms with Crippen molar-refractivity contribution in [3.8, 4) is 11.5 Å². The Balaban J connectivity index is 0.00000341. The Bertz CT molecular complexity index is 703. The fourth-order valence-corrected chi connectivity index (χ4v) is 4.06. The molecular weight excluding hydrogens is 509 g/mol. The molecule has 1 unspecified atom stereocenters. The number of morpholine rings is 1. The molecule has 3 rings (SSSR count). The number of benzene rings is 1. The van der Waals surface area contributed by atoms with E-state index < -0.39 is 0 Å². The Labute approximate surface area is 203 Å². The maximum Gasteiger partial charge on any atom is 0.191 e. The number of nitrogens with zero attached hydrogens (tertiary/aromatic N) is 3. The molecule has 2 N–H and O–H groups in total. The summed E-state index contributed by atoms with van der Waals surface area (Å²) >= 11 is 0. The van der Waals surface area contributed by atoms with Gasteiger partial charge < -0.3 is 29.7 Å². The average Bonchev–Trinajstić information content (AvgIpc) is 3.25. The number of anilines is 1. The van der Waals surface area contributed by atoms with Crippen molar-refractivity contribution >= 4 is 35.6 Å². The number of hydrogen-bond donors (Lipinski definition) is 2. The summed E-state index contributed by atoms with van der Waals surface area (Å²) in [6.45, 7) is 10.8. The second kappa shape index (κ2) is 12.0. The number of hydrogen-bond acceptors (Lipinski definition) is 6. The van der Waals surface area contributed by atoms with Gasteiger partial charge in [-0.15, -0.1) is 24.0 Å². The van der Waals surface area contributed by atoms with Crippen molar-refractivity contribution in [2.24, 2.45) is 4.99 Å². The van der Waals surface area contributed by atoms with Gasteiger partial charge in [-0.3, -0.25) is 9.89 Å². The first-order valence-electron chi connectivity index (χ1n) is 10.7. The fraction of sp³-hybridized carbons (Fsp3) is 0.682. The zero-order valence-electron chi connectivity index (χ0n) is 19.4. The van der Waals surface area contributed by atoms with Gasteiger partial charge in [0.25, 0.3) is 0 Å². The fourth-order valence-electron chi connectivity index (χ4n) is 4.06. The van der Waals surface area contributed by atoms with Crippen LogP contribution < -0.4 is 25.0 Å². The number of methoxy groups -OCH3 is 2. The van der Waals surface area contributed by atoms with E-state index in [2.05, 4.69) is 51.4 Å². The van der Waals surface area contributed by atoms with Crippen molar-refractivity contribution in [2.45, 2.75) is 31.8 Å². The Morgan fingerprint density at radius 2 is 1.77 bits per heavy atom. The number of nitrogens with one attached hydrogen (secondary N) is 2. The van der Waals surface area contributed by atoms with Gasteiger partial charge in [-0.05, 0) is 20.3 Å². The molecule has 2 aliphatic rings. The van der Waals surface area contributed by atoms with Crippen LogP contribution in [0.3, 0.4) is 0 Å². The van der Waals surface area contributed by atoms with Gasteiger partial charge in [-0.1, -0.05) is 0 Å². The van der Waals surface area contributed by atoms with Crippen LogP contribution in [0.25, 0.3) is 0 Å². The van der Waals surface area contributed by atoms with Crippen molar-refractivity contribution in [2.75, 3.05) is 72.1 Å². The molecule has 1 aromatic rings. The zero-order valence-corrected chi connectivity index (χ0v) is 21.8. The van der Waals surface area contributed by atoms with Crippen molar-refractivity contribution in [1.29, 1.82) is 0 Å². The highest BCUT2D eigenvalue weighted by molar-refractivity contribution is 14.0. The highest BCUT2D eigenvalue weighted by Gasteiger charge is 2.29. The predicted octanol–water partition coefficient (Wildman–Crippen LogP) is 2.18. The van der Waals surface area contributed by atoms with E-state index in [9.17, 15) is 0 Å². The molecule has 8 nitrogen and oxygen atoms in total. The van der Waals surface area contributed by atoms with E-state index in [0.29, 0.717) is 6.04 Å². The average molecular weight is 547 g/mol. The minimum absolute atomic E-state index is 0. The molecule has 2 heterocycles. The maximum atomic E-state index is 5.49. The molecule has 31 heavy (non-hydrogen) atoms. The number of rotatable bonds is 7. The topological polar surface area (TPSA) is 70.6 Å². The van der Waals surface area contributed by atoms with Crippen molar-refractivity contribution in [3.63, 3.8) is 0 Å². The van der Waals surface area contributed by atoms with E-state index in [4.69, 9.17) is 14.2 Å². The molecule has 1 atom stereocenters. The minimum atomic E-state index is 0. The first-order valence-corrected chi connectivity index (χ1v) is 10.7. The van der Waals surface area contributed by atoms with E-state index in [1.807, 2.05) is 13.1 Å². The molecule has 9 heteroatoms. The molecular formula is C22H38IN5O3. The van der Waals surface area contributed by atoms with Gasteiger partial charge >= 0.3 is 0 Å². The zero-order chi connectivity index (χ0) is 21.6. The monoisotopic (exact) mass is 547 g/mol. The van der Waals surface area contributed by atoms with Crippen LogP contribution in [0.5, 0.6) is 11.5 Å². The molecule has 0 aromatic heterocycles. The molecule has 1 aromatic carbocycles. The van der Waals surface area contributed by atoms with Crippen LogP contribution in [0.2, 0.25) is 0 Å². The third-order valence-corrected chi connectivity index (χ3v) is 6.01. The van der Waals surface area contributed by atoms with E-state index in [1.165, 1.54) is 0 Å². The van der Waals surface area contributed by atoms with E-state index in [1.54, 1.807) is 14.2 Å². The molecule has 2 saturated heterocycles. The standard InChI is InChI=1S/C22H37N5O3.HI/c1-22(2,27-8-10-30-11-9-27)16-24-21(23-3)25-17-6-7-26(15-17)18-12-19(28-4)14-20(13-18)29-5;/h12-14,17H,6-11,15-16H2,1-5H3,(H2,23,24,25);1H. The summed E-state index contributed by atoms with van der Waals surface area (Å²) in [6, 6.07) is 6.35. The number of aliphatic imine (C=N–C) groups is 1.